The average Bonchev–Trinajstić information content (AvgIpc) is 2.57. The van der Waals surface area contributed by atoms with E-state index in [0.717, 1.165) is 24.1 Å². The topological polar surface area (TPSA) is 40.5 Å². The first-order valence-electron chi connectivity index (χ1n) is 7.86. The molecule has 3 nitrogen and oxygen atoms in total. The lowest BCUT2D eigenvalue weighted by Gasteiger charge is -2.35. The highest BCUT2D eigenvalue weighted by molar-refractivity contribution is 6.31. The molecule has 2 aromatic rings. The SMILES string of the molecule is C[C@H]1c2ccccc2CCN1C(=O)Cc1c(Cl)cccc1CO. The molecule has 1 heterocycles. The molecule has 1 amide bonds. The molecule has 0 aromatic heterocycles. The fourth-order valence-electron chi connectivity index (χ4n) is 3.31. The molecule has 0 unspecified atom stereocenters. The van der Waals surface area contributed by atoms with Crippen LogP contribution < -0.4 is 0 Å². The van der Waals surface area contributed by atoms with E-state index in [9.17, 15) is 9.90 Å². The summed E-state index contributed by atoms with van der Waals surface area (Å²) >= 11 is 6.23. The first kappa shape index (κ1) is 16.0. The van der Waals surface area contributed by atoms with Gasteiger partial charge in [0, 0.05) is 11.6 Å². The molecule has 1 aliphatic rings. The number of aliphatic hydroxyl groups is 1. The van der Waals surface area contributed by atoms with Crippen molar-refractivity contribution in [2.45, 2.75) is 32.4 Å². The van der Waals surface area contributed by atoms with Crippen molar-refractivity contribution in [3.05, 3.63) is 69.7 Å². The molecule has 23 heavy (non-hydrogen) atoms. The first-order valence-corrected chi connectivity index (χ1v) is 8.24. The Morgan fingerprint density at radius 2 is 2.04 bits per heavy atom. The largest absolute Gasteiger partial charge is 0.392 e. The third-order valence-corrected chi connectivity index (χ3v) is 4.98. The smallest absolute Gasteiger partial charge is 0.227 e. The molecule has 4 heteroatoms. The maximum atomic E-state index is 12.8. The number of carbonyl (C=O) groups is 1. The van der Waals surface area contributed by atoms with E-state index in [0.29, 0.717) is 5.02 Å². The Hall–Kier alpha value is -1.84. The van der Waals surface area contributed by atoms with Crippen LogP contribution in [0.25, 0.3) is 0 Å². The Kier molecular flexibility index (Phi) is 4.69. The molecular weight excluding hydrogens is 310 g/mol. The summed E-state index contributed by atoms with van der Waals surface area (Å²) in [6.07, 6.45) is 1.10. The quantitative estimate of drug-likeness (QED) is 0.936. The summed E-state index contributed by atoms with van der Waals surface area (Å²) in [5, 5.41) is 10.0. The van der Waals surface area contributed by atoms with E-state index in [4.69, 9.17) is 11.6 Å². The highest BCUT2D eigenvalue weighted by Crippen LogP contribution is 2.30. The lowest BCUT2D eigenvalue weighted by atomic mass is 9.93. The Balaban J connectivity index is 1.83. The Bertz CT molecular complexity index is 729. The number of fused-ring (bicyclic) bond motifs is 1. The zero-order chi connectivity index (χ0) is 16.4. The maximum Gasteiger partial charge on any atom is 0.227 e. The molecular formula is C19H20ClNO2. The number of benzene rings is 2. The normalized spacial score (nSPS) is 17.0. The standard InChI is InChI=1S/C19H20ClNO2/c1-13-16-7-3-2-5-14(16)9-10-21(13)19(23)11-17-15(12-22)6-4-8-18(17)20/h2-8,13,22H,9-12H2,1H3/t13-/m0/s1. The minimum atomic E-state index is -0.110. The van der Waals surface area contributed by atoms with Gasteiger partial charge in [0.05, 0.1) is 19.1 Å². The van der Waals surface area contributed by atoms with Crippen molar-refractivity contribution >= 4 is 17.5 Å². The van der Waals surface area contributed by atoms with Gasteiger partial charge in [-0.1, -0.05) is 48.0 Å². The van der Waals surface area contributed by atoms with Crippen LogP contribution in [0.2, 0.25) is 5.02 Å². The highest BCUT2D eigenvalue weighted by Gasteiger charge is 2.27. The number of hydrogen-bond donors (Lipinski definition) is 1. The summed E-state index contributed by atoms with van der Waals surface area (Å²) in [6, 6.07) is 13.7. The summed E-state index contributed by atoms with van der Waals surface area (Å²) in [6.45, 7) is 2.67. The van der Waals surface area contributed by atoms with E-state index in [2.05, 4.69) is 19.1 Å². The van der Waals surface area contributed by atoms with Crippen molar-refractivity contribution in [1.82, 2.24) is 4.90 Å². The van der Waals surface area contributed by atoms with Crippen molar-refractivity contribution in [3.8, 4) is 0 Å². The predicted molar refractivity (Wildman–Crippen MR) is 91.4 cm³/mol. The van der Waals surface area contributed by atoms with Crippen LogP contribution in [0, 0.1) is 0 Å². The second-order valence-electron chi connectivity index (χ2n) is 5.92. The minimum absolute atomic E-state index is 0.0507. The van der Waals surface area contributed by atoms with Crippen molar-refractivity contribution in [2.75, 3.05) is 6.54 Å². The number of carbonyl (C=O) groups excluding carboxylic acids is 1. The lowest BCUT2D eigenvalue weighted by Crippen LogP contribution is -2.39. The van der Waals surface area contributed by atoms with Crippen LogP contribution in [0.3, 0.4) is 0 Å². The zero-order valence-electron chi connectivity index (χ0n) is 13.1. The van der Waals surface area contributed by atoms with Crippen LogP contribution in [0.1, 0.15) is 35.2 Å². The van der Waals surface area contributed by atoms with E-state index in [1.165, 1.54) is 11.1 Å². The Labute approximate surface area is 141 Å². The number of aliphatic hydroxyl groups excluding tert-OH is 1. The van der Waals surface area contributed by atoms with E-state index in [1.54, 1.807) is 12.1 Å². The number of hydrogen-bond acceptors (Lipinski definition) is 2. The van der Waals surface area contributed by atoms with E-state index >= 15 is 0 Å². The number of rotatable bonds is 3. The van der Waals surface area contributed by atoms with Crippen LogP contribution in [-0.2, 0) is 24.2 Å². The second-order valence-corrected chi connectivity index (χ2v) is 6.33. The third kappa shape index (κ3) is 3.12. The summed E-state index contributed by atoms with van der Waals surface area (Å²) in [5.74, 6) is 0.0507. The van der Waals surface area contributed by atoms with Gasteiger partial charge in [-0.3, -0.25) is 4.79 Å². The van der Waals surface area contributed by atoms with Crippen LogP contribution in [0.15, 0.2) is 42.5 Å². The highest BCUT2D eigenvalue weighted by atomic mass is 35.5. The molecule has 1 N–H and O–H groups in total. The molecule has 2 aromatic carbocycles. The van der Waals surface area contributed by atoms with Gasteiger partial charge < -0.3 is 10.0 Å². The van der Waals surface area contributed by atoms with Crippen LogP contribution in [-0.4, -0.2) is 22.5 Å². The van der Waals surface area contributed by atoms with Gasteiger partial charge in [-0.25, -0.2) is 0 Å². The third-order valence-electron chi connectivity index (χ3n) is 4.63. The van der Waals surface area contributed by atoms with Crippen molar-refractivity contribution in [3.63, 3.8) is 0 Å². The second kappa shape index (κ2) is 6.73. The summed E-state index contributed by atoms with van der Waals surface area (Å²) in [4.78, 5) is 14.7. The van der Waals surface area contributed by atoms with Crippen molar-refractivity contribution in [1.29, 1.82) is 0 Å². The molecule has 3 rings (SSSR count). The molecule has 0 spiro atoms. The average molecular weight is 330 g/mol. The van der Waals surface area contributed by atoms with Gasteiger partial charge in [0.1, 0.15) is 0 Å². The monoisotopic (exact) mass is 329 g/mol. The Morgan fingerprint density at radius 3 is 2.83 bits per heavy atom. The molecule has 120 valence electrons. The van der Waals surface area contributed by atoms with Crippen LogP contribution >= 0.6 is 11.6 Å². The zero-order valence-corrected chi connectivity index (χ0v) is 13.9. The molecule has 1 atom stereocenters. The van der Waals surface area contributed by atoms with Gasteiger partial charge in [-0.05, 0) is 41.7 Å². The van der Waals surface area contributed by atoms with Gasteiger partial charge in [0.2, 0.25) is 5.91 Å². The molecule has 0 fully saturated rings. The van der Waals surface area contributed by atoms with Gasteiger partial charge in [0.15, 0.2) is 0 Å². The van der Waals surface area contributed by atoms with Gasteiger partial charge in [-0.15, -0.1) is 0 Å². The maximum absolute atomic E-state index is 12.8. The summed E-state index contributed by atoms with van der Waals surface area (Å²) in [5.41, 5.74) is 3.98. The predicted octanol–water partition coefficient (Wildman–Crippen LogP) is 3.52. The van der Waals surface area contributed by atoms with Gasteiger partial charge in [-0.2, -0.15) is 0 Å². The molecule has 0 saturated carbocycles. The van der Waals surface area contributed by atoms with Crippen molar-refractivity contribution < 1.29 is 9.90 Å². The molecule has 0 saturated heterocycles. The van der Waals surface area contributed by atoms with E-state index in [-0.39, 0.29) is 25.0 Å². The molecule has 0 radical (unpaired) electrons. The van der Waals surface area contributed by atoms with Crippen LogP contribution in [0.4, 0.5) is 0 Å². The minimum Gasteiger partial charge on any atom is -0.392 e. The van der Waals surface area contributed by atoms with E-state index < -0.39 is 0 Å². The summed E-state index contributed by atoms with van der Waals surface area (Å²) < 4.78 is 0. The van der Waals surface area contributed by atoms with E-state index in [1.807, 2.05) is 23.1 Å². The molecule has 0 bridgehead atoms. The first-order chi connectivity index (χ1) is 11.1. The number of amides is 1. The fourth-order valence-corrected chi connectivity index (χ4v) is 3.58. The lowest BCUT2D eigenvalue weighted by molar-refractivity contribution is -0.133. The summed E-state index contributed by atoms with van der Waals surface area (Å²) in [7, 11) is 0. The Morgan fingerprint density at radius 1 is 1.26 bits per heavy atom. The van der Waals surface area contributed by atoms with Crippen LogP contribution in [0.5, 0.6) is 0 Å². The number of halogens is 1. The van der Waals surface area contributed by atoms with Gasteiger partial charge in [0.25, 0.3) is 0 Å². The fraction of sp³-hybridized carbons (Fsp3) is 0.316. The molecule has 0 aliphatic carbocycles. The van der Waals surface area contributed by atoms with Crippen molar-refractivity contribution in [2.24, 2.45) is 0 Å². The number of nitrogens with zero attached hydrogens (tertiary/aromatic N) is 1. The molecule has 1 aliphatic heterocycles. The van der Waals surface area contributed by atoms with Gasteiger partial charge >= 0.3 is 0 Å².